The second-order valence-electron chi connectivity index (χ2n) is 4.98. The number of hydrogen-bond donors (Lipinski definition) is 0. The van der Waals surface area contributed by atoms with E-state index in [4.69, 9.17) is 9.15 Å². The molecule has 1 aromatic carbocycles. The van der Waals surface area contributed by atoms with Crippen LogP contribution >= 0.6 is 0 Å². The topological polar surface area (TPSA) is 51.4 Å². The molecule has 3 rings (SSSR count). The zero-order chi connectivity index (χ0) is 14.8. The fourth-order valence-electron chi connectivity index (χ4n) is 2.33. The number of aromatic nitrogens is 2. The molecule has 1 aliphatic heterocycles. The highest BCUT2D eigenvalue weighted by atomic mass is 19.1. The summed E-state index contributed by atoms with van der Waals surface area (Å²) >= 11 is 0. The highest BCUT2D eigenvalue weighted by Gasteiger charge is 2.24. The molecule has 0 N–H and O–H groups in total. The Labute approximate surface area is 120 Å². The largest absolute Gasteiger partial charge is 0.487 e. The zero-order valence-electron chi connectivity index (χ0n) is 11.6. The van der Waals surface area contributed by atoms with Crippen LogP contribution in [-0.4, -0.2) is 29.4 Å². The smallest absolute Gasteiger partial charge is 0.318 e. The van der Waals surface area contributed by atoms with Crippen molar-refractivity contribution in [2.45, 2.75) is 25.9 Å². The molecule has 2 aromatic rings. The van der Waals surface area contributed by atoms with E-state index in [1.807, 2.05) is 4.90 Å². The van der Waals surface area contributed by atoms with Crippen molar-refractivity contribution in [1.29, 1.82) is 0 Å². The van der Waals surface area contributed by atoms with Gasteiger partial charge in [0.25, 0.3) is 0 Å². The summed E-state index contributed by atoms with van der Waals surface area (Å²) in [7, 11) is 0. The molecule has 0 atom stereocenters. The van der Waals surface area contributed by atoms with E-state index in [0.29, 0.717) is 37.8 Å². The van der Waals surface area contributed by atoms with Crippen molar-refractivity contribution in [3.63, 3.8) is 0 Å². The molecule has 0 radical (unpaired) electrons. The maximum absolute atomic E-state index is 13.5. The van der Waals surface area contributed by atoms with Crippen LogP contribution in [0.3, 0.4) is 0 Å². The van der Waals surface area contributed by atoms with Crippen molar-refractivity contribution in [2.24, 2.45) is 0 Å². The molecular formula is C14H15F2N3O2. The molecule has 0 saturated carbocycles. The molecule has 0 aliphatic carbocycles. The Bertz CT molecular complexity index is 624. The molecule has 0 bridgehead atoms. The Morgan fingerprint density at radius 2 is 2.00 bits per heavy atom. The number of piperidine rings is 1. The zero-order valence-corrected chi connectivity index (χ0v) is 11.6. The number of anilines is 1. The Hall–Kier alpha value is -2.18. The average molecular weight is 295 g/mol. The Morgan fingerprint density at radius 3 is 2.62 bits per heavy atom. The SMILES string of the molecule is Cc1nnc(N2CCC(Oc3ccc(F)cc3F)CC2)o1. The van der Waals surface area contributed by atoms with Gasteiger partial charge in [-0.05, 0) is 12.1 Å². The second-order valence-corrected chi connectivity index (χ2v) is 4.98. The van der Waals surface area contributed by atoms with E-state index < -0.39 is 11.6 Å². The van der Waals surface area contributed by atoms with Crippen LogP contribution in [0.25, 0.3) is 0 Å². The maximum Gasteiger partial charge on any atom is 0.318 e. The van der Waals surface area contributed by atoms with E-state index in [1.54, 1.807) is 6.92 Å². The quantitative estimate of drug-likeness (QED) is 0.871. The van der Waals surface area contributed by atoms with Gasteiger partial charge in [0.1, 0.15) is 11.9 Å². The first-order valence-electron chi connectivity index (χ1n) is 6.78. The van der Waals surface area contributed by atoms with Crippen LogP contribution in [0.15, 0.2) is 22.6 Å². The lowest BCUT2D eigenvalue weighted by molar-refractivity contribution is 0.162. The van der Waals surface area contributed by atoms with Gasteiger partial charge in [-0.1, -0.05) is 5.10 Å². The third-order valence-electron chi connectivity index (χ3n) is 3.42. The Morgan fingerprint density at radius 1 is 1.24 bits per heavy atom. The molecule has 0 spiro atoms. The number of ether oxygens (including phenoxy) is 1. The molecule has 21 heavy (non-hydrogen) atoms. The third-order valence-corrected chi connectivity index (χ3v) is 3.42. The first-order valence-corrected chi connectivity index (χ1v) is 6.78. The van der Waals surface area contributed by atoms with E-state index in [2.05, 4.69) is 10.2 Å². The lowest BCUT2D eigenvalue weighted by Gasteiger charge is -2.30. The number of benzene rings is 1. The van der Waals surface area contributed by atoms with E-state index in [0.717, 1.165) is 6.07 Å². The fourth-order valence-corrected chi connectivity index (χ4v) is 2.33. The van der Waals surface area contributed by atoms with Crippen LogP contribution in [0.4, 0.5) is 14.8 Å². The first-order chi connectivity index (χ1) is 10.1. The normalized spacial score (nSPS) is 16.2. The summed E-state index contributed by atoms with van der Waals surface area (Å²) in [5.41, 5.74) is 0. The lowest BCUT2D eigenvalue weighted by Crippen LogP contribution is -2.38. The fraction of sp³-hybridized carbons (Fsp3) is 0.429. The number of hydrogen-bond acceptors (Lipinski definition) is 5. The number of rotatable bonds is 3. The first kappa shape index (κ1) is 13.8. The van der Waals surface area contributed by atoms with Gasteiger partial charge in [0, 0.05) is 38.9 Å². The van der Waals surface area contributed by atoms with Crippen molar-refractivity contribution in [3.05, 3.63) is 35.7 Å². The summed E-state index contributed by atoms with van der Waals surface area (Å²) in [5, 5.41) is 7.76. The average Bonchev–Trinajstić information content (AvgIpc) is 2.89. The van der Waals surface area contributed by atoms with Crippen molar-refractivity contribution in [3.8, 4) is 5.75 Å². The summed E-state index contributed by atoms with van der Waals surface area (Å²) in [6, 6.07) is 3.83. The van der Waals surface area contributed by atoms with Crippen molar-refractivity contribution < 1.29 is 17.9 Å². The van der Waals surface area contributed by atoms with Gasteiger partial charge in [-0.2, -0.15) is 0 Å². The highest BCUT2D eigenvalue weighted by Crippen LogP contribution is 2.24. The van der Waals surface area contributed by atoms with E-state index in [-0.39, 0.29) is 11.9 Å². The van der Waals surface area contributed by atoms with Gasteiger partial charge < -0.3 is 14.1 Å². The molecule has 112 valence electrons. The molecule has 0 unspecified atom stereocenters. The van der Waals surface area contributed by atoms with Crippen LogP contribution in [0, 0.1) is 18.6 Å². The molecule has 1 fully saturated rings. The van der Waals surface area contributed by atoms with E-state index in [1.165, 1.54) is 12.1 Å². The van der Waals surface area contributed by atoms with Gasteiger partial charge in [-0.25, -0.2) is 8.78 Å². The van der Waals surface area contributed by atoms with Crippen LogP contribution in [-0.2, 0) is 0 Å². The minimum atomic E-state index is -0.676. The van der Waals surface area contributed by atoms with E-state index in [9.17, 15) is 8.78 Å². The van der Waals surface area contributed by atoms with Gasteiger partial charge in [0.15, 0.2) is 11.6 Å². The van der Waals surface area contributed by atoms with Crippen LogP contribution < -0.4 is 9.64 Å². The molecule has 1 aromatic heterocycles. The minimum Gasteiger partial charge on any atom is -0.487 e. The molecule has 5 nitrogen and oxygen atoms in total. The van der Waals surface area contributed by atoms with Gasteiger partial charge in [0.05, 0.1) is 0 Å². The summed E-state index contributed by atoms with van der Waals surface area (Å²) in [6.07, 6.45) is 1.31. The summed E-state index contributed by atoms with van der Waals surface area (Å²) in [6.45, 7) is 3.12. The molecule has 0 amide bonds. The second kappa shape index (κ2) is 5.67. The molecular weight excluding hydrogens is 280 g/mol. The highest BCUT2D eigenvalue weighted by molar-refractivity contribution is 5.27. The maximum atomic E-state index is 13.5. The number of nitrogens with zero attached hydrogens (tertiary/aromatic N) is 3. The Kier molecular flexibility index (Phi) is 3.72. The predicted molar refractivity (Wildman–Crippen MR) is 71.3 cm³/mol. The molecule has 1 saturated heterocycles. The molecule has 7 heteroatoms. The van der Waals surface area contributed by atoms with Crippen molar-refractivity contribution in [1.82, 2.24) is 10.2 Å². The van der Waals surface area contributed by atoms with Gasteiger partial charge in [-0.15, -0.1) is 5.10 Å². The van der Waals surface area contributed by atoms with Crippen LogP contribution in [0.5, 0.6) is 5.75 Å². The van der Waals surface area contributed by atoms with Gasteiger partial charge in [0.2, 0.25) is 5.89 Å². The molecule has 1 aliphatic rings. The molecule has 2 heterocycles. The summed E-state index contributed by atoms with van der Waals surface area (Å²) < 4.78 is 37.3. The van der Waals surface area contributed by atoms with Gasteiger partial charge >= 0.3 is 6.01 Å². The lowest BCUT2D eigenvalue weighted by atomic mass is 10.1. The Balaban J connectivity index is 1.58. The van der Waals surface area contributed by atoms with Crippen LogP contribution in [0.2, 0.25) is 0 Å². The summed E-state index contributed by atoms with van der Waals surface area (Å²) in [4.78, 5) is 1.97. The van der Waals surface area contributed by atoms with E-state index >= 15 is 0 Å². The summed E-state index contributed by atoms with van der Waals surface area (Å²) in [5.74, 6) is -0.674. The van der Waals surface area contributed by atoms with Crippen molar-refractivity contribution in [2.75, 3.05) is 18.0 Å². The third kappa shape index (κ3) is 3.12. The monoisotopic (exact) mass is 295 g/mol. The number of aryl methyl sites for hydroxylation is 1. The minimum absolute atomic E-state index is 0.0866. The number of halogens is 2. The standard InChI is InChI=1S/C14H15F2N3O2/c1-9-17-18-14(20-9)19-6-4-11(5-7-19)21-13-3-2-10(15)8-12(13)16/h2-3,8,11H,4-7H2,1H3. The predicted octanol–water partition coefficient (Wildman–Crippen LogP) is 2.70. The van der Waals surface area contributed by atoms with Crippen LogP contribution in [0.1, 0.15) is 18.7 Å². The van der Waals surface area contributed by atoms with Crippen molar-refractivity contribution >= 4 is 6.01 Å². The van der Waals surface area contributed by atoms with Gasteiger partial charge in [-0.3, -0.25) is 0 Å².